The molecule has 1 aromatic carbocycles. The van der Waals surface area contributed by atoms with E-state index in [1.807, 2.05) is 24.4 Å². The maximum absolute atomic E-state index is 13.9. The van der Waals surface area contributed by atoms with Gasteiger partial charge in [0.05, 0.1) is 18.2 Å². The summed E-state index contributed by atoms with van der Waals surface area (Å²) in [7, 11) is 0. The molecule has 29 heavy (non-hydrogen) atoms. The summed E-state index contributed by atoms with van der Waals surface area (Å²) in [5.74, 6) is -0.753. The van der Waals surface area contributed by atoms with Crippen molar-refractivity contribution in [3.63, 3.8) is 0 Å². The lowest BCUT2D eigenvalue weighted by molar-refractivity contribution is -0.137. The van der Waals surface area contributed by atoms with Crippen LogP contribution in [-0.4, -0.2) is 65.3 Å². The van der Waals surface area contributed by atoms with Crippen LogP contribution >= 0.6 is 11.3 Å². The van der Waals surface area contributed by atoms with Gasteiger partial charge < -0.3 is 9.80 Å². The van der Waals surface area contributed by atoms with Gasteiger partial charge in [0, 0.05) is 37.6 Å². The molecule has 2 heterocycles. The Bertz CT molecular complexity index is 848. The molecule has 0 spiro atoms. The van der Waals surface area contributed by atoms with E-state index in [4.69, 9.17) is 0 Å². The summed E-state index contributed by atoms with van der Waals surface area (Å²) in [6.07, 6.45) is 1.74. The van der Waals surface area contributed by atoms with E-state index >= 15 is 0 Å². The molecule has 1 aliphatic rings. The number of rotatable bonds is 7. The van der Waals surface area contributed by atoms with E-state index in [9.17, 15) is 14.0 Å². The highest BCUT2D eigenvalue weighted by molar-refractivity contribution is 7.09. The van der Waals surface area contributed by atoms with Gasteiger partial charge in [0.15, 0.2) is 0 Å². The monoisotopic (exact) mass is 415 g/mol. The highest BCUT2D eigenvalue weighted by atomic mass is 32.1. The second-order valence-corrected chi connectivity index (χ2v) is 8.10. The van der Waals surface area contributed by atoms with E-state index in [-0.39, 0.29) is 23.4 Å². The lowest BCUT2D eigenvalue weighted by Gasteiger charge is -2.39. The number of nitrogens with zero attached hydrogens (tertiary/aromatic N) is 3. The van der Waals surface area contributed by atoms with Crippen molar-refractivity contribution < 1.29 is 14.0 Å². The highest BCUT2D eigenvalue weighted by Gasteiger charge is 2.30. The van der Waals surface area contributed by atoms with Crippen LogP contribution in [0.5, 0.6) is 0 Å². The van der Waals surface area contributed by atoms with Crippen molar-refractivity contribution in [1.82, 2.24) is 14.7 Å². The fraction of sp³-hybridized carbons (Fsp3) is 0.364. The Morgan fingerprint density at radius 2 is 1.93 bits per heavy atom. The average Bonchev–Trinajstić information content (AvgIpc) is 3.25. The van der Waals surface area contributed by atoms with Gasteiger partial charge >= 0.3 is 0 Å². The summed E-state index contributed by atoms with van der Waals surface area (Å²) in [6.45, 7) is 8.83. The molecule has 1 saturated heterocycles. The predicted octanol–water partition coefficient (Wildman–Crippen LogP) is 3.25. The third-order valence-electron chi connectivity index (χ3n) is 5.20. The number of carbonyl (C=O) groups excluding carboxylic acids is 2. The van der Waals surface area contributed by atoms with Crippen molar-refractivity contribution in [2.24, 2.45) is 0 Å². The molecule has 1 unspecified atom stereocenters. The van der Waals surface area contributed by atoms with Crippen molar-refractivity contribution in [1.29, 1.82) is 0 Å². The Labute approximate surface area is 175 Å². The summed E-state index contributed by atoms with van der Waals surface area (Å²) < 4.78 is 13.9. The summed E-state index contributed by atoms with van der Waals surface area (Å²) in [6, 6.07) is 9.75. The molecule has 0 aliphatic carbocycles. The van der Waals surface area contributed by atoms with E-state index < -0.39 is 5.82 Å². The molecule has 2 aromatic rings. The Hall–Kier alpha value is -2.51. The molecular weight excluding hydrogens is 389 g/mol. The minimum Gasteiger partial charge on any atom is -0.336 e. The van der Waals surface area contributed by atoms with Gasteiger partial charge in [-0.1, -0.05) is 24.3 Å². The van der Waals surface area contributed by atoms with Crippen molar-refractivity contribution in [3.05, 3.63) is 70.7 Å². The molecule has 0 N–H and O–H groups in total. The van der Waals surface area contributed by atoms with Crippen molar-refractivity contribution in [2.75, 3.05) is 32.7 Å². The summed E-state index contributed by atoms with van der Waals surface area (Å²) in [4.78, 5) is 32.3. The summed E-state index contributed by atoms with van der Waals surface area (Å²) in [5, 5.41) is 2.00. The highest BCUT2D eigenvalue weighted by Crippen LogP contribution is 2.17. The topological polar surface area (TPSA) is 43.9 Å². The van der Waals surface area contributed by atoms with Crippen LogP contribution < -0.4 is 0 Å². The minimum atomic E-state index is -0.503. The number of benzene rings is 1. The zero-order chi connectivity index (χ0) is 20.8. The first-order valence-electron chi connectivity index (χ1n) is 9.71. The molecule has 0 radical (unpaired) electrons. The molecule has 1 fully saturated rings. The van der Waals surface area contributed by atoms with Gasteiger partial charge in [0.2, 0.25) is 5.91 Å². The molecule has 1 aromatic heterocycles. The third-order valence-corrected chi connectivity index (χ3v) is 6.06. The van der Waals surface area contributed by atoms with Gasteiger partial charge in [-0.15, -0.1) is 17.9 Å². The first-order valence-corrected chi connectivity index (χ1v) is 10.6. The van der Waals surface area contributed by atoms with Gasteiger partial charge in [-0.3, -0.25) is 14.5 Å². The smallest absolute Gasteiger partial charge is 0.256 e. The Morgan fingerprint density at radius 1 is 1.21 bits per heavy atom. The summed E-state index contributed by atoms with van der Waals surface area (Å²) in [5.41, 5.74) is 0.0955. The zero-order valence-electron chi connectivity index (χ0n) is 16.6. The predicted molar refractivity (Wildman–Crippen MR) is 113 cm³/mol. The van der Waals surface area contributed by atoms with E-state index in [2.05, 4.69) is 11.5 Å². The van der Waals surface area contributed by atoms with Gasteiger partial charge in [-0.05, 0) is 30.5 Å². The molecule has 7 heteroatoms. The average molecular weight is 416 g/mol. The Kier molecular flexibility index (Phi) is 7.17. The van der Waals surface area contributed by atoms with Crippen molar-refractivity contribution in [3.8, 4) is 0 Å². The van der Waals surface area contributed by atoms with Crippen LogP contribution in [-0.2, 0) is 11.3 Å². The number of thiophene rings is 1. The Balaban J connectivity index is 1.59. The van der Waals surface area contributed by atoms with Gasteiger partial charge in [0.1, 0.15) is 5.82 Å². The second kappa shape index (κ2) is 9.80. The summed E-state index contributed by atoms with van der Waals surface area (Å²) >= 11 is 1.63. The maximum Gasteiger partial charge on any atom is 0.256 e. The fourth-order valence-corrected chi connectivity index (χ4v) is 4.24. The van der Waals surface area contributed by atoms with Crippen LogP contribution in [0, 0.1) is 5.82 Å². The van der Waals surface area contributed by atoms with Gasteiger partial charge in [-0.2, -0.15) is 0 Å². The van der Waals surface area contributed by atoms with Crippen LogP contribution in [0.3, 0.4) is 0 Å². The zero-order valence-corrected chi connectivity index (χ0v) is 17.4. The van der Waals surface area contributed by atoms with Crippen LogP contribution in [0.15, 0.2) is 54.4 Å². The van der Waals surface area contributed by atoms with Gasteiger partial charge in [0.25, 0.3) is 5.91 Å². The molecule has 154 valence electrons. The third kappa shape index (κ3) is 5.10. The molecule has 3 rings (SSSR count). The number of amides is 2. The molecule has 5 nitrogen and oxygen atoms in total. The van der Waals surface area contributed by atoms with Gasteiger partial charge in [-0.25, -0.2) is 4.39 Å². The number of halogens is 1. The first-order chi connectivity index (χ1) is 14.0. The molecular formula is C22H26FN3O2S. The van der Waals surface area contributed by atoms with Crippen LogP contribution in [0.1, 0.15) is 22.2 Å². The number of carbonyl (C=O) groups is 2. The molecule has 0 saturated carbocycles. The van der Waals surface area contributed by atoms with Crippen molar-refractivity contribution >= 4 is 23.2 Å². The SMILES string of the molecule is C=CCN(Cc1cccs1)C(=O)C(C)N1CCN(C(=O)c2ccccc2F)CC1. The van der Waals surface area contributed by atoms with E-state index in [1.165, 1.54) is 12.1 Å². The van der Waals surface area contributed by atoms with E-state index in [1.54, 1.807) is 39.3 Å². The number of hydrogen-bond acceptors (Lipinski definition) is 4. The molecule has 1 atom stereocenters. The van der Waals surface area contributed by atoms with Crippen LogP contribution in [0.2, 0.25) is 0 Å². The van der Waals surface area contributed by atoms with E-state index in [0.29, 0.717) is 39.3 Å². The fourth-order valence-electron chi connectivity index (χ4n) is 3.52. The minimum absolute atomic E-state index is 0.0483. The lowest BCUT2D eigenvalue weighted by Crippen LogP contribution is -2.55. The standard InChI is InChI=1S/C22H26FN3O2S/c1-3-10-26(16-18-7-6-15-29-18)21(27)17(2)24-11-13-25(14-12-24)22(28)19-8-4-5-9-20(19)23/h3-9,15,17H,1,10-14,16H2,2H3. The molecule has 2 amide bonds. The van der Waals surface area contributed by atoms with Crippen LogP contribution in [0.4, 0.5) is 4.39 Å². The second-order valence-electron chi connectivity index (χ2n) is 7.07. The van der Waals surface area contributed by atoms with Crippen molar-refractivity contribution in [2.45, 2.75) is 19.5 Å². The number of hydrogen-bond donors (Lipinski definition) is 0. The quantitative estimate of drug-likeness (QED) is 0.652. The van der Waals surface area contributed by atoms with E-state index in [0.717, 1.165) is 4.88 Å². The normalized spacial score (nSPS) is 15.7. The largest absolute Gasteiger partial charge is 0.336 e. The maximum atomic E-state index is 13.9. The lowest BCUT2D eigenvalue weighted by atomic mass is 10.1. The Morgan fingerprint density at radius 3 is 2.55 bits per heavy atom. The molecule has 1 aliphatic heterocycles. The van der Waals surface area contributed by atoms with Crippen LogP contribution in [0.25, 0.3) is 0 Å². The first kappa shape index (κ1) is 21.2. The number of piperazine rings is 1. The molecule has 0 bridgehead atoms.